The third kappa shape index (κ3) is 7.98. The van der Waals surface area contributed by atoms with Crippen LogP contribution in [0, 0.1) is 5.92 Å². The van der Waals surface area contributed by atoms with E-state index < -0.39 is 38.2 Å². The molecule has 0 aliphatic carbocycles. The first kappa shape index (κ1) is 38.0. The van der Waals surface area contributed by atoms with Crippen molar-refractivity contribution in [2.75, 3.05) is 52.1 Å². The number of carbonyl (C=O) groups is 1. The zero-order chi connectivity index (χ0) is 36.4. The third-order valence-corrected chi connectivity index (χ3v) is 13.0. The van der Waals surface area contributed by atoms with Crippen molar-refractivity contribution >= 4 is 55.1 Å². The Labute approximate surface area is 305 Å². The van der Waals surface area contributed by atoms with E-state index in [9.17, 15) is 21.6 Å². The average molecular weight is 765 g/mol. The first-order valence-corrected chi connectivity index (χ1v) is 20.4. The zero-order valence-electron chi connectivity index (χ0n) is 28.8. The first-order chi connectivity index (χ1) is 23.7. The van der Waals surface area contributed by atoms with Gasteiger partial charge in [-0.15, -0.1) is 0 Å². The largest absolute Gasteiger partial charge is 0.493 e. The Bertz CT molecular complexity index is 1930. The summed E-state index contributed by atoms with van der Waals surface area (Å²) in [4.78, 5) is 23.3. The van der Waals surface area contributed by atoms with Crippen molar-refractivity contribution in [3.8, 4) is 5.75 Å². The Balaban J connectivity index is 1.69. The Morgan fingerprint density at radius 3 is 2.02 bits per heavy atom. The van der Waals surface area contributed by atoms with Gasteiger partial charge in [0.25, 0.3) is 0 Å². The average Bonchev–Trinajstić information content (AvgIpc) is 3.49. The minimum Gasteiger partial charge on any atom is -0.493 e. The van der Waals surface area contributed by atoms with Crippen molar-refractivity contribution in [3.05, 3.63) is 93.5 Å². The molecule has 50 heavy (non-hydrogen) atoms. The van der Waals surface area contributed by atoms with Crippen LogP contribution < -0.4 is 4.74 Å². The molecule has 0 spiro atoms. The number of hydrogen-bond donors (Lipinski definition) is 0. The number of rotatable bonds is 11. The first-order valence-electron chi connectivity index (χ1n) is 16.6. The van der Waals surface area contributed by atoms with Gasteiger partial charge in [0.2, 0.25) is 20.0 Å². The van der Waals surface area contributed by atoms with E-state index in [0.29, 0.717) is 27.9 Å². The number of piperazine rings is 1. The van der Waals surface area contributed by atoms with Crippen LogP contribution in [0.2, 0.25) is 10.0 Å². The van der Waals surface area contributed by atoms with Crippen molar-refractivity contribution < 1.29 is 26.4 Å². The number of hydrogen-bond acceptors (Lipinski definition) is 7. The number of halogens is 2. The number of amidine groups is 1. The standard InChI is InChI=1S/C35H43Cl2N5O6S2/c1-6-48-31-17-16-29(50(46,47)39(5)23-24(3)4)22-30(31)34-38-32(25-8-12-27(36)13-9-25)33(26-10-14-28(37)15-11-26)42(34)35(43)40-18-20-41(21-19-40)49(44,45)7-2/h8-17,22,24,32-33H,6-7,18-21,23H2,1-5H3. The Hall–Kier alpha value is -3.20. The summed E-state index contributed by atoms with van der Waals surface area (Å²) in [5.74, 6) is 0.653. The van der Waals surface area contributed by atoms with E-state index in [1.54, 1.807) is 54.1 Å². The SMILES string of the molecule is CCOc1ccc(S(=O)(=O)N(C)CC(C)C)cc1C1=NC(c2ccc(Cl)cc2)C(c2ccc(Cl)cc2)N1C(=O)N1CCN(S(=O)(=O)CC)CC1. The van der Waals surface area contributed by atoms with Crippen LogP contribution in [0.5, 0.6) is 5.75 Å². The number of ether oxygens (including phenoxy) is 1. The normalized spacial score (nSPS) is 18.9. The summed E-state index contributed by atoms with van der Waals surface area (Å²) in [6.45, 7) is 8.51. The number of carbonyl (C=O) groups excluding carboxylic acids is 1. The molecule has 2 aliphatic rings. The minimum absolute atomic E-state index is 0.0307. The van der Waals surface area contributed by atoms with Crippen LogP contribution in [-0.4, -0.2) is 99.2 Å². The lowest BCUT2D eigenvalue weighted by Crippen LogP contribution is -2.55. The number of amides is 2. The van der Waals surface area contributed by atoms with Crippen molar-refractivity contribution in [1.82, 2.24) is 18.4 Å². The number of aliphatic imine (C=N–C) groups is 1. The van der Waals surface area contributed by atoms with Crippen molar-refractivity contribution in [2.24, 2.45) is 10.9 Å². The van der Waals surface area contributed by atoms with Crippen LogP contribution in [0.15, 0.2) is 76.6 Å². The molecule has 0 radical (unpaired) electrons. The highest BCUT2D eigenvalue weighted by Crippen LogP contribution is 2.46. The van der Waals surface area contributed by atoms with Gasteiger partial charge in [0.05, 0.1) is 28.9 Å². The molecule has 3 aromatic rings. The van der Waals surface area contributed by atoms with E-state index in [-0.39, 0.29) is 55.2 Å². The molecule has 0 saturated carbocycles. The lowest BCUT2D eigenvalue weighted by molar-refractivity contribution is 0.143. The van der Waals surface area contributed by atoms with Gasteiger partial charge < -0.3 is 9.64 Å². The van der Waals surface area contributed by atoms with E-state index in [2.05, 4.69) is 0 Å². The van der Waals surface area contributed by atoms with E-state index in [0.717, 1.165) is 11.1 Å². The van der Waals surface area contributed by atoms with E-state index >= 15 is 0 Å². The van der Waals surface area contributed by atoms with Gasteiger partial charge in [-0.3, -0.25) is 9.89 Å². The molecule has 2 unspecified atom stereocenters. The predicted octanol–water partition coefficient (Wildman–Crippen LogP) is 6.30. The Morgan fingerprint density at radius 1 is 0.900 bits per heavy atom. The highest BCUT2D eigenvalue weighted by molar-refractivity contribution is 7.89. The fraction of sp³-hybridized carbons (Fsp3) is 0.429. The second kappa shape index (κ2) is 15.6. The highest BCUT2D eigenvalue weighted by atomic mass is 35.5. The Kier molecular flexibility index (Phi) is 11.9. The van der Waals surface area contributed by atoms with Crippen molar-refractivity contribution in [2.45, 2.75) is 44.7 Å². The van der Waals surface area contributed by atoms with Crippen LogP contribution in [0.25, 0.3) is 0 Å². The lowest BCUT2D eigenvalue weighted by atomic mass is 9.93. The van der Waals surface area contributed by atoms with Gasteiger partial charge in [-0.25, -0.2) is 25.9 Å². The predicted molar refractivity (Wildman–Crippen MR) is 197 cm³/mol. The topological polar surface area (TPSA) is 120 Å². The van der Waals surface area contributed by atoms with Crippen molar-refractivity contribution in [1.29, 1.82) is 0 Å². The van der Waals surface area contributed by atoms with Crippen LogP contribution in [-0.2, 0) is 20.0 Å². The highest BCUT2D eigenvalue weighted by Gasteiger charge is 2.45. The van der Waals surface area contributed by atoms with Crippen LogP contribution in [0.4, 0.5) is 4.79 Å². The smallest absolute Gasteiger partial charge is 0.326 e. The fourth-order valence-corrected chi connectivity index (χ4v) is 8.96. The van der Waals surface area contributed by atoms with Gasteiger partial charge in [-0.2, -0.15) is 4.31 Å². The van der Waals surface area contributed by atoms with E-state index in [4.69, 9.17) is 32.9 Å². The molecular weight excluding hydrogens is 721 g/mol. The van der Waals surface area contributed by atoms with Crippen LogP contribution in [0.1, 0.15) is 56.5 Å². The van der Waals surface area contributed by atoms with Crippen molar-refractivity contribution in [3.63, 3.8) is 0 Å². The maximum Gasteiger partial charge on any atom is 0.326 e. The molecule has 5 rings (SSSR count). The number of urea groups is 1. The zero-order valence-corrected chi connectivity index (χ0v) is 31.9. The maximum atomic E-state index is 14.9. The number of sulfonamides is 2. The van der Waals surface area contributed by atoms with Gasteiger partial charge >= 0.3 is 6.03 Å². The van der Waals surface area contributed by atoms with E-state index in [1.165, 1.54) is 20.7 Å². The van der Waals surface area contributed by atoms with Gasteiger partial charge in [-0.1, -0.05) is 61.3 Å². The molecule has 270 valence electrons. The Morgan fingerprint density at radius 2 is 1.48 bits per heavy atom. The summed E-state index contributed by atoms with van der Waals surface area (Å²) in [5.41, 5.74) is 1.85. The second-order valence-electron chi connectivity index (χ2n) is 12.7. The molecule has 11 nitrogen and oxygen atoms in total. The van der Waals surface area contributed by atoms with Gasteiger partial charge in [0.1, 0.15) is 17.6 Å². The summed E-state index contributed by atoms with van der Waals surface area (Å²) < 4.78 is 61.7. The summed E-state index contributed by atoms with van der Waals surface area (Å²) in [7, 11) is -5.82. The lowest BCUT2D eigenvalue weighted by Gasteiger charge is -2.38. The van der Waals surface area contributed by atoms with Gasteiger partial charge in [0.15, 0.2) is 0 Å². The molecule has 0 N–H and O–H groups in total. The molecule has 1 fully saturated rings. The molecule has 1 saturated heterocycles. The summed E-state index contributed by atoms with van der Waals surface area (Å²) >= 11 is 12.6. The van der Waals surface area contributed by atoms with Gasteiger partial charge in [0, 0.05) is 49.8 Å². The van der Waals surface area contributed by atoms with Crippen LogP contribution >= 0.6 is 23.2 Å². The molecule has 0 bridgehead atoms. The number of nitrogens with zero attached hydrogens (tertiary/aromatic N) is 5. The molecule has 2 aliphatic heterocycles. The molecule has 0 aromatic heterocycles. The number of benzene rings is 3. The van der Waals surface area contributed by atoms with Gasteiger partial charge in [-0.05, 0) is 73.4 Å². The second-order valence-corrected chi connectivity index (χ2v) is 17.8. The molecule has 2 heterocycles. The molecule has 2 atom stereocenters. The monoisotopic (exact) mass is 763 g/mol. The summed E-state index contributed by atoms with van der Waals surface area (Å²) in [6, 6.07) is 17.3. The molecule has 3 aromatic carbocycles. The minimum atomic E-state index is -3.92. The van der Waals surface area contributed by atoms with Crippen LogP contribution in [0.3, 0.4) is 0 Å². The quantitative estimate of drug-likeness (QED) is 0.226. The third-order valence-electron chi connectivity index (χ3n) is 8.79. The molecule has 2 amide bonds. The van der Waals surface area contributed by atoms with E-state index in [1.807, 2.05) is 45.0 Å². The summed E-state index contributed by atoms with van der Waals surface area (Å²) in [6.07, 6.45) is 0. The fourth-order valence-electron chi connectivity index (χ4n) is 6.26. The molecule has 15 heteroatoms. The maximum absolute atomic E-state index is 14.9. The summed E-state index contributed by atoms with van der Waals surface area (Å²) in [5, 5.41) is 1.05. The molecular formula is C35H43Cl2N5O6S2.